The molecule has 1 N–H and O–H groups in total. The van der Waals surface area contributed by atoms with Crippen molar-refractivity contribution in [3.63, 3.8) is 0 Å². The number of nitrogens with zero attached hydrogens (tertiary/aromatic N) is 6. The Kier molecular flexibility index (Phi) is 6.90. The average molecular weight is 572 g/mol. The number of aromatic nitrogens is 4. The van der Waals surface area contributed by atoms with Gasteiger partial charge in [0.15, 0.2) is 23.2 Å². The molecule has 216 valence electrons. The van der Waals surface area contributed by atoms with E-state index in [2.05, 4.69) is 30.2 Å². The van der Waals surface area contributed by atoms with Crippen LogP contribution < -0.4 is 19.9 Å². The zero-order valence-electron chi connectivity index (χ0n) is 22.4. The number of urea groups is 1. The number of rotatable bonds is 5. The first kappa shape index (κ1) is 27.1. The van der Waals surface area contributed by atoms with E-state index in [1.165, 1.54) is 29.4 Å². The van der Waals surface area contributed by atoms with Crippen molar-refractivity contribution in [2.24, 2.45) is 0 Å². The number of ether oxygens (including phenoxy) is 3. The molecule has 5 heterocycles. The topological polar surface area (TPSA) is 115 Å². The van der Waals surface area contributed by atoms with E-state index in [1.54, 1.807) is 6.20 Å². The maximum Gasteiger partial charge on any atom is 0.416 e. The van der Waals surface area contributed by atoms with Crippen molar-refractivity contribution < 1.29 is 32.2 Å². The highest BCUT2D eigenvalue weighted by Crippen LogP contribution is 2.39. The number of carbonyl (C=O) groups excluding carboxylic acids is 1. The summed E-state index contributed by atoms with van der Waals surface area (Å²) < 4.78 is 56.8. The molecule has 11 nitrogen and oxygen atoms in total. The predicted molar refractivity (Wildman–Crippen MR) is 142 cm³/mol. The minimum absolute atomic E-state index is 0.0927. The highest BCUT2D eigenvalue weighted by Gasteiger charge is 2.39. The standard InChI is InChI=1S/C27H28F3N7O4/c1-26(2)40-15-19(41-26)14-39-22-12-31-21(11-32-22)34-25(38)37-18-7-4-8-36(13-18)20-10-33-23(35-24(20)37)16-5-3-6-17(9-16)27(28,29)30/h3,5-6,9-12,18-19H,4,7-8,13-15H2,1-2H3,(H,31,34,38)/t18?,19-/m0/s1. The van der Waals surface area contributed by atoms with Gasteiger partial charge in [0, 0.05) is 18.7 Å². The number of anilines is 3. The van der Waals surface area contributed by atoms with Crippen LogP contribution in [0.5, 0.6) is 5.88 Å². The van der Waals surface area contributed by atoms with Crippen molar-refractivity contribution in [2.45, 2.75) is 50.8 Å². The van der Waals surface area contributed by atoms with Crippen molar-refractivity contribution in [3.05, 3.63) is 48.4 Å². The molecule has 3 aliphatic heterocycles. The fourth-order valence-electron chi connectivity index (χ4n) is 5.21. The molecular weight excluding hydrogens is 543 g/mol. The number of fused-ring (bicyclic) bond motifs is 4. The van der Waals surface area contributed by atoms with E-state index in [9.17, 15) is 18.0 Å². The molecule has 0 saturated carbocycles. The molecule has 2 fully saturated rings. The minimum Gasteiger partial charge on any atom is -0.474 e. The second-order valence-electron chi connectivity index (χ2n) is 10.5. The Morgan fingerprint density at radius 3 is 2.78 bits per heavy atom. The molecule has 1 aromatic carbocycles. The monoisotopic (exact) mass is 571 g/mol. The molecule has 2 bridgehead atoms. The van der Waals surface area contributed by atoms with Gasteiger partial charge in [0.1, 0.15) is 12.7 Å². The van der Waals surface area contributed by atoms with Crippen molar-refractivity contribution in [1.82, 2.24) is 19.9 Å². The van der Waals surface area contributed by atoms with Crippen LogP contribution in [0.2, 0.25) is 0 Å². The third-order valence-corrected chi connectivity index (χ3v) is 7.10. The number of hydrogen-bond acceptors (Lipinski definition) is 9. The quantitative estimate of drug-likeness (QED) is 0.473. The van der Waals surface area contributed by atoms with E-state index in [1.807, 2.05) is 13.8 Å². The molecule has 1 unspecified atom stereocenters. The summed E-state index contributed by atoms with van der Waals surface area (Å²) in [5.41, 5.74) is 0.0433. The summed E-state index contributed by atoms with van der Waals surface area (Å²) >= 11 is 0. The van der Waals surface area contributed by atoms with Crippen molar-refractivity contribution in [2.75, 3.05) is 41.4 Å². The van der Waals surface area contributed by atoms with Gasteiger partial charge < -0.3 is 19.1 Å². The molecule has 6 rings (SSSR count). The van der Waals surface area contributed by atoms with Gasteiger partial charge in [-0.1, -0.05) is 12.1 Å². The van der Waals surface area contributed by atoms with Gasteiger partial charge in [-0.3, -0.25) is 10.2 Å². The second-order valence-corrected chi connectivity index (χ2v) is 10.5. The van der Waals surface area contributed by atoms with E-state index < -0.39 is 23.6 Å². The van der Waals surface area contributed by atoms with Crippen LogP contribution in [0.15, 0.2) is 42.9 Å². The van der Waals surface area contributed by atoms with Crippen LogP contribution >= 0.6 is 0 Å². The lowest BCUT2D eigenvalue weighted by Gasteiger charge is -2.45. The highest BCUT2D eigenvalue weighted by atomic mass is 19.4. The molecular formula is C27H28F3N7O4. The summed E-state index contributed by atoms with van der Waals surface area (Å²) in [5, 5.41) is 2.76. The first-order valence-electron chi connectivity index (χ1n) is 13.2. The molecule has 0 aliphatic carbocycles. The van der Waals surface area contributed by atoms with Crippen LogP contribution in [0.25, 0.3) is 11.4 Å². The SMILES string of the molecule is CC1(C)OC[C@H](COc2cnc(NC(=O)N3c4nc(-c5cccc(C(F)(F)F)c5)ncc4N4CCCC3C4)cn2)O1. The van der Waals surface area contributed by atoms with Gasteiger partial charge in [-0.25, -0.2) is 24.7 Å². The molecule has 0 spiro atoms. The molecule has 0 radical (unpaired) electrons. The number of benzene rings is 1. The number of hydrogen-bond donors (Lipinski definition) is 1. The summed E-state index contributed by atoms with van der Waals surface area (Å²) in [6.45, 7) is 5.66. The number of nitrogens with one attached hydrogen (secondary N) is 1. The fourth-order valence-corrected chi connectivity index (χ4v) is 5.21. The van der Waals surface area contributed by atoms with Gasteiger partial charge in [0.2, 0.25) is 5.88 Å². The number of halogens is 3. The van der Waals surface area contributed by atoms with Crippen LogP contribution in [0.3, 0.4) is 0 Å². The number of carbonyl (C=O) groups is 1. The number of alkyl halides is 3. The fraction of sp³-hybridized carbons (Fsp3) is 0.444. The van der Waals surface area contributed by atoms with E-state index in [-0.39, 0.29) is 41.8 Å². The Labute approximate surface area is 233 Å². The molecule has 3 aromatic rings. The third kappa shape index (κ3) is 5.75. The van der Waals surface area contributed by atoms with Gasteiger partial charge in [0.25, 0.3) is 0 Å². The predicted octanol–water partition coefficient (Wildman–Crippen LogP) is 4.50. The average Bonchev–Trinajstić information content (AvgIpc) is 3.30. The zero-order chi connectivity index (χ0) is 28.8. The van der Waals surface area contributed by atoms with Crippen LogP contribution in [0.4, 0.5) is 35.3 Å². The van der Waals surface area contributed by atoms with Gasteiger partial charge in [-0.2, -0.15) is 13.2 Å². The lowest BCUT2D eigenvalue weighted by molar-refractivity contribution is -0.141. The molecule has 2 atom stereocenters. The maximum absolute atomic E-state index is 13.6. The normalized spacial score (nSPS) is 21.4. The first-order valence-corrected chi connectivity index (χ1v) is 13.2. The molecule has 2 saturated heterocycles. The molecule has 14 heteroatoms. The lowest BCUT2D eigenvalue weighted by Crippen LogP contribution is -2.56. The highest BCUT2D eigenvalue weighted by molar-refractivity contribution is 6.04. The van der Waals surface area contributed by atoms with Gasteiger partial charge in [-0.15, -0.1) is 0 Å². The Morgan fingerprint density at radius 2 is 2.05 bits per heavy atom. The Hall–Kier alpha value is -4.04. The largest absolute Gasteiger partial charge is 0.474 e. The van der Waals surface area contributed by atoms with E-state index in [4.69, 9.17) is 14.2 Å². The molecule has 2 amide bonds. The van der Waals surface area contributed by atoms with E-state index in [0.29, 0.717) is 24.7 Å². The third-order valence-electron chi connectivity index (χ3n) is 7.10. The van der Waals surface area contributed by atoms with Crippen LogP contribution in [0, 0.1) is 0 Å². The smallest absolute Gasteiger partial charge is 0.416 e. The van der Waals surface area contributed by atoms with E-state index >= 15 is 0 Å². The number of amides is 2. The Bertz CT molecular complexity index is 1440. The summed E-state index contributed by atoms with van der Waals surface area (Å²) in [5.74, 6) is 0.234. The summed E-state index contributed by atoms with van der Waals surface area (Å²) in [6.07, 6.45) is 1.22. The molecule has 3 aliphatic rings. The second kappa shape index (κ2) is 10.4. The van der Waals surface area contributed by atoms with Crippen molar-refractivity contribution in [3.8, 4) is 17.3 Å². The number of piperidine rings is 1. The van der Waals surface area contributed by atoms with Crippen molar-refractivity contribution in [1.29, 1.82) is 0 Å². The lowest BCUT2D eigenvalue weighted by atomic mass is 10.0. The van der Waals surface area contributed by atoms with Gasteiger partial charge >= 0.3 is 12.2 Å². The molecule has 41 heavy (non-hydrogen) atoms. The van der Waals surface area contributed by atoms with Crippen LogP contribution in [-0.2, 0) is 15.7 Å². The van der Waals surface area contributed by atoms with Crippen molar-refractivity contribution >= 4 is 23.4 Å². The van der Waals surface area contributed by atoms with Crippen LogP contribution in [-0.4, -0.2) is 70.2 Å². The van der Waals surface area contributed by atoms with Gasteiger partial charge in [0.05, 0.1) is 42.5 Å². The maximum atomic E-state index is 13.6. The van der Waals surface area contributed by atoms with Gasteiger partial charge in [-0.05, 0) is 38.8 Å². The zero-order valence-corrected chi connectivity index (χ0v) is 22.4. The molecule has 2 aromatic heterocycles. The Morgan fingerprint density at radius 1 is 1.20 bits per heavy atom. The Balaban J connectivity index is 1.21. The van der Waals surface area contributed by atoms with Crippen LogP contribution in [0.1, 0.15) is 32.3 Å². The first-order chi connectivity index (χ1) is 19.6. The van der Waals surface area contributed by atoms with E-state index in [0.717, 1.165) is 31.5 Å². The summed E-state index contributed by atoms with van der Waals surface area (Å²) in [4.78, 5) is 34.6. The summed E-state index contributed by atoms with van der Waals surface area (Å²) in [7, 11) is 0. The summed E-state index contributed by atoms with van der Waals surface area (Å²) in [6, 6.07) is 4.15. The minimum atomic E-state index is -4.50.